The minimum Gasteiger partial charge on any atom is -0.456 e. The zero-order valence-corrected chi connectivity index (χ0v) is 26.1. The number of aldehydes is 1. The van der Waals surface area contributed by atoms with E-state index in [-0.39, 0.29) is 31.6 Å². The predicted molar refractivity (Wildman–Crippen MR) is 169 cm³/mol. The van der Waals surface area contributed by atoms with Crippen LogP contribution >= 0.6 is 21.6 Å². The summed E-state index contributed by atoms with van der Waals surface area (Å²) in [7, 11) is -0.704. The zero-order chi connectivity index (χ0) is 30.0. The Morgan fingerprint density at radius 2 is 1.63 bits per heavy atom. The second-order valence-electron chi connectivity index (χ2n) is 11.6. The van der Waals surface area contributed by atoms with Crippen LogP contribution in [0.15, 0.2) is 60.7 Å². The summed E-state index contributed by atoms with van der Waals surface area (Å²) in [6.45, 7) is 1.49. The molecule has 4 heterocycles. The molecule has 0 aliphatic carbocycles. The van der Waals surface area contributed by atoms with Crippen LogP contribution in [-0.4, -0.2) is 96.2 Å². The van der Waals surface area contributed by atoms with Crippen LogP contribution in [-0.2, 0) is 30.5 Å². The van der Waals surface area contributed by atoms with Crippen LogP contribution in [0.25, 0.3) is 33.5 Å². The van der Waals surface area contributed by atoms with Crippen LogP contribution in [0, 0.1) is 0 Å². The Labute approximate surface area is 257 Å². The van der Waals surface area contributed by atoms with Crippen molar-refractivity contribution < 1.29 is 28.5 Å². The lowest BCUT2D eigenvalue weighted by Gasteiger charge is -2.24. The highest BCUT2D eigenvalue weighted by Crippen LogP contribution is 2.36. The van der Waals surface area contributed by atoms with Crippen LogP contribution in [0.3, 0.4) is 0 Å². The molecule has 0 unspecified atom stereocenters. The van der Waals surface area contributed by atoms with Crippen molar-refractivity contribution in [3.05, 3.63) is 65.7 Å². The molecule has 2 saturated heterocycles. The summed E-state index contributed by atoms with van der Waals surface area (Å²) >= 11 is 6.84. The van der Waals surface area contributed by atoms with E-state index in [0.717, 1.165) is 28.7 Å². The lowest BCUT2D eigenvalue weighted by atomic mass is 10.0. The number of fused-ring (bicyclic) bond motifs is 2. The van der Waals surface area contributed by atoms with Crippen molar-refractivity contribution in [2.24, 2.45) is 0 Å². The lowest BCUT2D eigenvalue weighted by Crippen LogP contribution is -2.36. The van der Waals surface area contributed by atoms with Gasteiger partial charge in [-0.2, -0.15) is 4.98 Å². The molecule has 43 heavy (non-hydrogen) atoms. The molecule has 4 aromatic rings. The molecule has 11 heteroatoms. The smallest absolute Gasteiger partial charge is 0.301 e. The Morgan fingerprint density at radius 1 is 0.953 bits per heavy atom. The number of hydrogen-bond acceptors (Lipinski definition) is 8. The molecule has 2 fully saturated rings. The third kappa shape index (κ3) is 6.74. The summed E-state index contributed by atoms with van der Waals surface area (Å²) in [5, 5.41) is 0.505. The third-order valence-corrected chi connectivity index (χ3v) is 9.26. The van der Waals surface area contributed by atoms with Crippen LogP contribution in [0.5, 0.6) is 6.01 Å². The number of imidazole rings is 1. The molecule has 0 N–H and O–H groups in total. The highest BCUT2D eigenvalue weighted by molar-refractivity contribution is 8.32. The Kier molecular flexibility index (Phi) is 9.04. The van der Waals surface area contributed by atoms with Gasteiger partial charge >= 0.3 is 6.01 Å². The topological polar surface area (TPSA) is 93.9 Å². The van der Waals surface area contributed by atoms with Crippen molar-refractivity contribution in [3.63, 3.8) is 0 Å². The third-order valence-electron chi connectivity index (χ3n) is 7.58. The Hall–Kier alpha value is -2.99. The maximum atomic E-state index is 10.8. The number of nitrogens with zero attached hydrogens (tertiary/aromatic N) is 3. The number of benzene rings is 2. The number of carbonyl (C=O) groups is 1. The van der Waals surface area contributed by atoms with Crippen LogP contribution in [0.4, 0.5) is 0 Å². The summed E-state index contributed by atoms with van der Waals surface area (Å²) in [4.78, 5) is 20.4. The maximum Gasteiger partial charge on any atom is 0.301 e. The quantitative estimate of drug-likeness (QED) is 0.156. The summed E-state index contributed by atoms with van der Waals surface area (Å²) < 4.78 is 31.9. The van der Waals surface area contributed by atoms with E-state index >= 15 is 0 Å². The Bertz CT molecular complexity index is 1560. The van der Waals surface area contributed by atoms with E-state index in [9.17, 15) is 4.79 Å². The van der Waals surface area contributed by atoms with Gasteiger partial charge in [-0.25, -0.2) is 15.0 Å². The maximum absolute atomic E-state index is 10.8. The fourth-order valence-corrected chi connectivity index (χ4v) is 6.18. The fraction of sp³-hybridized carbons (Fsp3) is 0.406. The van der Waals surface area contributed by atoms with Crippen molar-refractivity contribution in [3.8, 4) is 28.4 Å². The van der Waals surface area contributed by atoms with Crippen molar-refractivity contribution in [2.45, 2.75) is 31.1 Å². The number of carbonyl (C=O) groups excluding carboxylic acids is 1. The number of pyridine rings is 1. The lowest BCUT2D eigenvalue weighted by molar-refractivity contribution is -0.116. The van der Waals surface area contributed by atoms with Crippen molar-refractivity contribution >= 4 is 39.1 Å². The molecule has 0 spiro atoms. The molecule has 0 saturated carbocycles. The van der Waals surface area contributed by atoms with Gasteiger partial charge in [0.2, 0.25) is 0 Å². The van der Waals surface area contributed by atoms with Crippen molar-refractivity contribution in [2.75, 3.05) is 50.9 Å². The number of aromatic nitrogens is 3. The van der Waals surface area contributed by atoms with Gasteiger partial charge < -0.3 is 28.5 Å². The van der Waals surface area contributed by atoms with Gasteiger partial charge in [0.15, 0.2) is 11.8 Å². The first-order valence-electron chi connectivity index (χ1n) is 14.2. The highest BCUT2D eigenvalue weighted by Gasteiger charge is 2.50. The normalized spacial score (nSPS) is 22.1. The van der Waals surface area contributed by atoms with Gasteiger partial charge in [-0.1, -0.05) is 66.2 Å². The summed E-state index contributed by atoms with van der Waals surface area (Å²) in [5.74, 6) is 0.980. The molecule has 2 aromatic carbocycles. The second kappa shape index (κ2) is 12.9. The largest absolute Gasteiger partial charge is 0.456 e. The Balaban J connectivity index is 1.28. The van der Waals surface area contributed by atoms with Crippen LogP contribution in [0.2, 0.25) is 5.02 Å². The van der Waals surface area contributed by atoms with E-state index in [2.05, 4.69) is 43.0 Å². The molecule has 0 radical (unpaired) electrons. The molecule has 228 valence electrons. The van der Waals surface area contributed by atoms with Gasteiger partial charge in [0.1, 0.15) is 37.9 Å². The standard InChI is InChI=1S/C32H36ClN3O6S/c1-43(2,3)16-15-38-20-36-25-17-24(33)28(23-11-9-22(10-12-23)21-7-5-4-6-8-21)34-31(25)35-32(36)42-27-19-41-29-26(39-14-13-37)18-40-30(27)29/h4-13,17,26-27,29-30H,14-16,18-20H2,1-3H3/t26-,27-,29-,30-/m1/s1. The first kappa shape index (κ1) is 30.1. The molecule has 4 atom stereocenters. The minimum absolute atomic E-state index is 0.000705. The van der Waals surface area contributed by atoms with Gasteiger partial charge in [-0.3, -0.25) is 4.57 Å². The molecule has 2 aromatic heterocycles. The molecular formula is C32H36ClN3O6S. The average Bonchev–Trinajstić information content (AvgIpc) is 3.68. The number of rotatable bonds is 12. The van der Waals surface area contributed by atoms with E-state index in [0.29, 0.717) is 47.7 Å². The van der Waals surface area contributed by atoms with Gasteiger partial charge in [-0.15, -0.1) is 0 Å². The minimum atomic E-state index is -0.704. The SMILES string of the molecule is CS(C)(C)CCOCn1c(O[C@@H]2CO[C@H]3[C@@H]2OC[C@H]3OCC=O)nc2nc(-c3ccc(-c4ccccc4)cc3)c(Cl)cc21. The van der Waals surface area contributed by atoms with E-state index in [4.69, 9.17) is 45.3 Å². The van der Waals surface area contributed by atoms with Gasteiger partial charge in [-0.05, 0) is 36.0 Å². The molecule has 2 aliphatic heterocycles. The summed E-state index contributed by atoms with van der Waals surface area (Å²) in [6.07, 6.45) is 6.13. The van der Waals surface area contributed by atoms with Crippen molar-refractivity contribution in [1.82, 2.24) is 14.5 Å². The summed E-state index contributed by atoms with van der Waals surface area (Å²) in [6, 6.07) is 20.6. The summed E-state index contributed by atoms with van der Waals surface area (Å²) in [5.41, 5.74) is 5.00. The van der Waals surface area contributed by atoms with E-state index in [1.54, 1.807) is 0 Å². The highest BCUT2D eigenvalue weighted by atomic mass is 35.5. The first-order chi connectivity index (χ1) is 20.8. The molecule has 0 amide bonds. The molecule has 0 bridgehead atoms. The number of ether oxygens (including phenoxy) is 5. The number of hydrogen-bond donors (Lipinski definition) is 0. The van der Waals surface area contributed by atoms with Gasteiger partial charge in [0.25, 0.3) is 0 Å². The van der Waals surface area contributed by atoms with Crippen LogP contribution < -0.4 is 4.74 Å². The average molecular weight is 626 g/mol. The molecule has 2 aliphatic rings. The fourth-order valence-electron chi connectivity index (χ4n) is 5.31. The van der Waals surface area contributed by atoms with E-state index < -0.39 is 16.1 Å². The van der Waals surface area contributed by atoms with Crippen molar-refractivity contribution in [1.29, 1.82) is 0 Å². The van der Waals surface area contributed by atoms with Gasteiger partial charge in [0, 0.05) is 11.3 Å². The predicted octanol–water partition coefficient (Wildman–Crippen LogP) is 5.22. The molecule has 9 nitrogen and oxygen atoms in total. The number of halogens is 1. The second-order valence-corrected chi connectivity index (χ2v) is 16.5. The Morgan fingerprint density at radius 3 is 2.35 bits per heavy atom. The van der Waals surface area contributed by atoms with E-state index in [1.165, 1.54) is 0 Å². The molecular weight excluding hydrogens is 590 g/mol. The van der Waals surface area contributed by atoms with Crippen LogP contribution in [0.1, 0.15) is 0 Å². The zero-order valence-electron chi connectivity index (χ0n) is 24.5. The monoisotopic (exact) mass is 625 g/mol. The van der Waals surface area contributed by atoms with E-state index in [1.807, 2.05) is 41.0 Å². The molecule has 6 rings (SSSR count). The van der Waals surface area contributed by atoms with Gasteiger partial charge in [0.05, 0.1) is 36.1 Å². The first-order valence-corrected chi connectivity index (χ1v) is 17.6.